The van der Waals surface area contributed by atoms with Crippen molar-refractivity contribution in [2.75, 3.05) is 90.8 Å². The van der Waals surface area contributed by atoms with Crippen LogP contribution in [0.25, 0.3) is 0 Å². The van der Waals surface area contributed by atoms with Crippen molar-refractivity contribution in [3.05, 3.63) is 0 Å². The molecular formula is C16H34O6S. The molecule has 0 N–H and O–H groups in total. The molecule has 0 aromatic heterocycles. The van der Waals surface area contributed by atoms with Gasteiger partial charge in [0.15, 0.2) is 0 Å². The predicted molar refractivity (Wildman–Crippen MR) is 93.6 cm³/mol. The molecule has 0 aliphatic rings. The van der Waals surface area contributed by atoms with Crippen molar-refractivity contribution < 1.29 is 28.4 Å². The summed E-state index contributed by atoms with van der Waals surface area (Å²) >= 11 is 1.83. The van der Waals surface area contributed by atoms with Gasteiger partial charge in [-0.25, -0.2) is 0 Å². The van der Waals surface area contributed by atoms with Gasteiger partial charge in [0.1, 0.15) is 0 Å². The van der Waals surface area contributed by atoms with Gasteiger partial charge in [0, 0.05) is 24.7 Å². The van der Waals surface area contributed by atoms with Gasteiger partial charge < -0.3 is 28.4 Å². The van der Waals surface area contributed by atoms with Gasteiger partial charge in [0.05, 0.1) is 66.1 Å². The molecule has 23 heavy (non-hydrogen) atoms. The van der Waals surface area contributed by atoms with Crippen molar-refractivity contribution in [3.8, 4) is 0 Å². The van der Waals surface area contributed by atoms with E-state index in [2.05, 4.69) is 0 Å². The number of ether oxygens (including phenoxy) is 6. The summed E-state index contributed by atoms with van der Waals surface area (Å²) in [7, 11) is 0. The van der Waals surface area contributed by atoms with Crippen LogP contribution in [0, 0.1) is 0 Å². The monoisotopic (exact) mass is 354 g/mol. The molecule has 0 saturated carbocycles. The Morgan fingerprint density at radius 3 is 1.09 bits per heavy atom. The molecule has 0 aliphatic heterocycles. The lowest BCUT2D eigenvalue weighted by Crippen LogP contribution is -2.11. The minimum Gasteiger partial charge on any atom is -0.379 e. The zero-order valence-electron chi connectivity index (χ0n) is 14.8. The van der Waals surface area contributed by atoms with Crippen molar-refractivity contribution in [1.29, 1.82) is 0 Å². The highest BCUT2D eigenvalue weighted by atomic mass is 32.2. The van der Waals surface area contributed by atoms with Gasteiger partial charge in [-0.3, -0.25) is 0 Å². The molecule has 0 heterocycles. The first-order valence-corrected chi connectivity index (χ1v) is 9.61. The van der Waals surface area contributed by atoms with Crippen LogP contribution in [0.1, 0.15) is 13.8 Å². The van der Waals surface area contributed by atoms with Gasteiger partial charge in [0.2, 0.25) is 0 Å². The predicted octanol–water partition coefficient (Wildman–Crippen LogP) is 1.86. The molecule has 7 heteroatoms. The van der Waals surface area contributed by atoms with Gasteiger partial charge in [-0.05, 0) is 13.8 Å². The fraction of sp³-hybridized carbons (Fsp3) is 1.00. The Labute approximate surface area is 145 Å². The summed E-state index contributed by atoms with van der Waals surface area (Å²) in [5.74, 6) is 1.96. The molecule has 0 aliphatic carbocycles. The smallest absolute Gasteiger partial charge is 0.0701 e. The maximum Gasteiger partial charge on any atom is 0.0701 e. The average Bonchev–Trinajstić information content (AvgIpc) is 2.57. The largest absolute Gasteiger partial charge is 0.379 e. The number of rotatable bonds is 20. The first-order chi connectivity index (χ1) is 11.4. The summed E-state index contributed by atoms with van der Waals surface area (Å²) in [6, 6.07) is 0. The molecular weight excluding hydrogens is 320 g/mol. The number of hydrogen-bond donors (Lipinski definition) is 0. The lowest BCUT2D eigenvalue weighted by atomic mass is 10.7. The molecule has 0 bridgehead atoms. The molecule has 0 atom stereocenters. The van der Waals surface area contributed by atoms with Crippen LogP contribution in [-0.4, -0.2) is 90.8 Å². The van der Waals surface area contributed by atoms with E-state index in [0.717, 1.165) is 37.9 Å². The van der Waals surface area contributed by atoms with Crippen molar-refractivity contribution in [1.82, 2.24) is 0 Å². The van der Waals surface area contributed by atoms with Crippen molar-refractivity contribution >= 4 is 11.8 Å². The zero-order chi connectivity index (χ0) is 16.8. The SMILES string of the molecule is CCOCCOCCOCCSCCOCCOCCOCC. The fourth-order valence-electron chi connectivity index (χ4n) is 1.51. The Hall–Kier alpha value is 0.110. The Balaban J connectivity index is 2.92. The Kier molecular flexibility index (Phi) is 22.2. The second-order valence-corrected chi connectivity index (χ2v) is 5.68. The zero-order valence-corrected chi connectivity index (χ0v) is 15.6. The quantitative estimate of drug-likeness (QED) is 0.309. The first-order valence-electron chi connectivity index (χ1n) is 8.46. The minimum atomic E-state index is 0.629. The van der Waals surface area contributed by atoms with E-state index in [0.29, 0.717) is 52.9 Å². The summed E-state index contributed by atoms with van der Waals surface area (Å²) in [5, 5.41) is 0. The number of thioether (sulfide) groups is 1. The van der Waals surface area contributed by atoms with Crippen LogP contribution < -0.4 is 0 Å². The standard InChI is InChI=1S/C16H34O6S/c1-3-17-5-7-19-9-11-21-13-15-23-16-14-22-12-10-20-8-6-18-4-2/h3-16H2,1-2H3. The topological polar surface area (TPSA) is 55.4 Å². The van der Waals surface area contributed by atoms with E-state index in [-0.39, 0.29) is 0 Å². The molecule has 0 saturated heterocycles. The van der Waals surface area contributed by atoms with Gasteiger partial charge in [-0.1, -0.05) is 0 Å². The summed E-state index contributed by atoms with van der Waals surface area (Å²) < 4.78 is 32.0. The molecule has 0 amide bonds. The molecule has 0 aromatic carbocycles. The van der Waals surface area contributed by atoms with Crippen LogP contribution in [-0.2, 0) is 28.4 Å². The molecule has 0 fully saturated rings. The maximum atomic E-state index is 5.47. The summed E-state index contributed by atoms with van der Waals surface area (Å²) in [4.78, 5) is 0. The molecule has 0 unspecified atom stereocenters. The summed E-state index contributed by atoms with van der Waals surface area (Å²) in [6.07, 6.45) is 0. The van der Waals surface area contributed by atoms with Crippen LogP contribution in [0.2, 0.25) is 0 Å². The molecule has 0 spiro atoms. The second kappa shape index (κ2) is 22.1. The van der Waals surface area contributed by atoms with E-state index < -0.39 is 0 Å². The highest BCUT2D eigenvalue weighted by molar-refractivity contribution is 7.99. The normalized spacial score (nSPS) is 11.2. The fourth-order valence-corrected chi connectivity index (χ4v) is 2.18. The van der Waals surface area contributed by atoms with Crippen molar-refractivity contribution in [3.63, 3.8) is 0 Å². The molecule has 0 aromatic rings. The van der Waals surface area contributed by atoms with E-state index in [4.69, 9.17) is 28.4 Å². The van der Waals surface area contributed by atoms with Crippen LogP contribution in [0.3, 0.4) is 0 Å². The van der Waals surface area contributed by atoms with Gasteiger partial charge in [-0.2, -0.15) is 11.8 Å². The Morgan fingerprint density at radius 2 is 0.739 bits per heavy atom. The lowest BCUT2D eigenvalue weighted by molar-refractivity contribution is 0.0195. The van der Waals surface area contributed by atoms with E-state index in [9.17, 15) is 0 Å². The Morgan fingerprint density at radius 1 is 0.435 bits per heavy atom. The van der Waals surface area contributed by atoms with Crippen LogP contribution in [0.4, 0.5) is 0 Å². The maximum absolute atomic E-state index is 5.47. The van der Waals surface area contributed by atoms with Crippen LogP contribution in [0.5, 0.6) is 0 Å². The van der Waals surface area contributed by atoms with Gasteiger partial charge in [0.25, 0.3) is 0 Å². The van der Waals surface area contributed by atoms with Gasteiger partial charge >= 0.3 is 0 Å². The van der Waals surface area contributed by atoms with Crippen LogP contribution in [0.15, 0.2) is 0 Å². The summed E-state index contributed by atoms with van der Waals surface area (Å²) in [5.41, 5.74) is 0. The number of hydrogen-bond acceptors (Lipinski definition) is 7. The Bertz CT molecular complexity index is 189. The van der Waals surface area contributed by atoms with Crippen LogP contribution >= 0.6 is 11.8 Å². The lowest BCUT2D eigenvalue weighted by Gasteiger charge is -2.07. The first kappa shape index (κ1) is 23.1. The van der Waals surface area contributed by atoms with E-state index in [1.807, 2.05) is 25.6 Å². The second-order valence-electron chi connectivity index (χ2n) is 4.46. The molecule has 6 nitrogen and oxygen atoms in total. The summed E-state index contributed by atoms with van der Waals surface area (Å²) in [6.45, 7) is 12.1. The van der Waals surface area contributed by atoms with E-state index in [1.165, 1.54) is 0 Å². The molecule has 140 valence electrons. The highest BCUT2D eigenvalue weighted by Gasteiger charge is 1.94. The highest BCUT2D eigenvalue weighted by Crippen LogP contribution is 1.99. The van der Waals surface area contributed by atoms with Gasteiger partial charge in [-0.15, -0.1) is 0 Å². The third-order valence-corrected chi connectivity index (χ3v) is 3.55. The third-order valence-electron chi connectivity index (χ3n) is 2.64. The van der Waals surface area contributed by atoms with E-state index >= 15 is 0 Å². The van der Waals surface area contributed by atoms with Crippen molar-refractivity contribution in [2.24, 2.45) is 0 Å². The average molecular weight is 355 g/mol. The minimum absolute atomic E-state index is 0.629. The van der Waals surface area contributed by atoms with E-state index in [1.54, 1.807) is 0 Å². The molecule has 0 rings (SSSR count). The van der Waals surface area contributed by atoms with Crippen molar-refractivity contribution in [2.45, 2.75) is 13.8 Å². The molecule has 0 radical (unpaired) electrons. The third kappa shape index (κ3) is 22.1.